The van der Waals surface area contributed by atoms with Gasteiger partial charge in [0, 0.05) is 11.3 Å². The quantitative estimate of drug-likeness (QED) is 0.915. The second kappa shape index (κ2) is 5.60. The molecule has 0 saturated carbocycles. The van der Waals surface area contributed by atoms with E-state index in [4.69, 9.17) is 0 Å². The summed E-state index contributed by atoms with van der Waals surface area (Å²) in [7, 11) is 0. The van der Waals surface area contributed by atoms with Gasteiger partial charge in [-0.15, -0.1) is 0 Å². The fourth-order valence-electron chi connectivity index (χ4n) is 2.49. The third-order valence-electron chi connectivity index (χ3n) is 3.71. The van der Waals surface area contributed by atoms with Gasteiger partial charge >= 0.3 is 0 Å². The Hall–Kier alpha value is -2.69. The Morgan fingerprint density at radius 3 is 2.68 bits per heavy atom. The summed E-state index contributed by atoms with van der Waals surface area (Å²) in [5, 5.41) is 5.60. The molecule has 2 aromatic carbocycles. The summed E-state index contributed by atoms with van der Waals surface area (Å²) in [6, 6.07) is 10.9. The van der Waals surface area contributed by atoms with Gasteiger partial charge in [-0.2, -0.15) is 0 Å². The molecule has 0 spiro atoms. The third-order valence-corrected chi connectivity index (χ3v) is 3.71. The zero-order valence-corrected chi connectivity index (χ0v) is 12.0. The highest BCUT2D eigenvalue weighted by molar-refractivity contribution is 6.01. The summed E-state index contributed by atoms with van der Waals surface area (Å²) in [5.74, 6) is -0.593. The van der Waals surface area contributed by atoms with E-state index >= 15 is 0 Å². The predicted octanol–water partition coefficient (Wildman–Crippen LogP) is 2.81. The van der Waals surface area contributed by atoms with E-state index in [0.29, 0.717) is 12.0 Å². The number of benzene rings is 2. The van der Waals surface area contributed by atoms with E-state index in [1.165, 1.54) is 12.1 Å². The first-order chi connectivity index (χ1) is 10.5. The van der Waals surface area contributed by atoms with Gasteiger partial charge in [-0.1, -0.05) is 12.1 Å². The van der Waals surface area contributed by atoms with Crippen molar-refractivity contribution in [1.29, 1.82) is 0 Å². The summed E-state index contributed by atoms with van der Waals surface area (Å²) < 4.78 is 12.9. The van der Waals surface area contributed by atoms with Crippen LogP contribution < -0.4 is 10.6 Å². The van der Waals surface area contributed by atoms with Crippen molar-refractivity contribution in [3.63, 3.8) is 0 Å². The molecule has 22 heavy (non-hydrogen) atoms. The molecule has 112 valence electrons. The fraction of sp³-hybridized carbons (Fsp3) is 0.176. The Labute approximate surface area is 127 Å². The molecule has 0 bridgehead atoms. The maximum atomic E-state index is 12.9. The van der Waals surface area contributed by atoms with E-state index in [-0.39, 0.29) is 23.7 Å². The number of amides is 2. The van der Waals surface area contributed by atoms with Crippen molar-refractivity contribution in [3.05, 3.63) is 65.0 Å². The zero-order valence-electron chi connectivity index (χ0n) is 12.0. The van der Waals surface area contributed by atoms with Crippen LogP contribution in [0.4, 0.5) is 10.1 Å². The Morgan fingerprint density at radius 2 is 1.95 bits per heavy atom. The molecule has 1 aliphatic heterocycles. The molecular weight excluding hydrogens is 283 g/mol. The second-order valence-electron chi connectivity index (χ2n) is 5.34. The largest absolute Gasteiger partial charge is 0.346 e. The summed E-state index contributed by atoms with van der Waals surface area (Å²) in [6.07, 6.45) is 0.296. The van der Waals surface area contributed by atoms with Crippen molar-refractivity contribution >= 4 is 17.5 Å². The number of nitrogens with one attached hydrogen (secondary N) is 2. The molecule has 5 heteroatoms. The molecule has 0 aromatic heterocycles. The van der Waals surface area contributed by atoms with E-state index in [9.17, 15) is 14.0 Å². The van der Waals surface area contributed by atoms with Crippen molar-refractivity contribution in [2.24, 2.45) is 0 Å². The van der Waals surface area contributed by atoms with Gasteiger partial charge < -0.3 is 10.6 Å². The number of carbonyl (C=O) groups excluding carboxylic acids is 2. The SMILES string of the molecule is CC(NC(=O)c1ccc2c(c1)CC(=O)N2)c1ccc(F)cc1. The van der Waals surface area contributed by atoms with E-state index in [1.807, 2.05) is 6.92 Å². The highest BCUT2D eigenvalue weighted by Crippen LogP contribution is 2.24. The number of anilines is 1. The van der Waals surface area contributed by atoms with E-state index < -0.39 is 0 Å². The van der Waals surface area contributed by atoms with Gasteiger partial charge in [0.1, 0.15) is 5.82 Å². The van der Waals surface area contributed by atoms with Crippen LogP contribution >= 0.6 is 0 Å². The fourth-order valence-corrected chi connectivity index (χ4v) is 2.49. The molecule has 0 aliphatic carbocycles. The molecular formula is C17H15FN2O2. The Kier molecular flexibility index (Phi) is 3.63. The Bertz CT molecular complexity index is 741. The van der Waals surface area contributed by atoms with E-state index in [2.05, 4.69) is 10.6 Å². The van der Waals surface area contributed by atoms with Gasteiger partial charge in [-0.25, -0.2) is 4.39 Å². The highest BCUT2D eigenvalue weighted by atomic mass is 19.1. The van der Waals surface area contributed by atoms with Crippen LogP contribution in [0.2, 0.25) is 0 Å². The van der Waals surface area contributed by atoms with Gasteiger partial charge in [-0.05, 0) is 48.4 Å². The first-order valence-electron chi connectivity index (χ1n) is 7.02. The summed E-state index contributed by atoms with van der Waals surface area (Å²) in [5.41, 5.74) is 2.91. The topological polar surface area (TPSA) is 58.2 Å². The lowest BCUT2D eigenvalue weighted by molar-refractivity contribution is -0.115. The molecule has 3 rings (SSSR count). The van der Waals surface area contributed by atoms with Gasteiger partial charge in [-0.3, -0.25) is 9.59 Å². The van der Waals surface area contributed by atoms with Crippen molar-refractivity contribution < 1.29 is 14.0 Å². The number of halogens is 1. The van der Waals surface area contributed by atoms with Crippen LogP contribution in [-0.2, 0) is 11.2 Å². The number of rotatable bonds is 3. The lowest BCUT2D eigenvalue weighted by atomic mass is 10.1. The van der Waals surface area contributed by atoms with E-state index in [1.54, 1.807) is 30.3 Å². The number of hydrogen-bond acceptors (Lipinski definition) is 2. The van der Waals surface area contributed by atoms with E-state index in [0.717, 1.165) is 16.8 Å². The maximum absolute atomic E-state index is 12.9. The average molecular weight is 298 g/mol. The third kappa shape index (κ3) is 2.83. The summed E-state index contributed by atoms with van der Waals surface area (Å²) in [4.78, 5) is 23.6. The van der Waals surface area contributed by atoms with Gasteiger partial charge in [0.15, 0.2) is 0 Å². The zero-order chi connectivity index (χ0) is 15.7. The lowest BCUT2D eigenvalue weighted by Gasteiger charge is -2.14. The van der Waals surface area contributed by atoms with Crippen LogP contribution in [0.15, 0.2) is 42.5 Å². The Balaban J connectivity index is 1.73. The van der Waals surface area contributed by atoms with Crippen LogP contribution in [0.3, 0.4) is 0 Å². The molecule has 0 saturated heterocycles. The lowest BCUT2D eigenvalue weighted by Crippen LogP contribution is -2.26. The van der Waals surface area contributed by atoms with Crippen LogP contribution in [0.1, 0.15) is 34.5 Å². The first-order valence-corrected chi connectivity index (χ1v) is 7.02. The minimum Gasteiger partial charge on any atom is -0.346 e. The molecule has 0 fully saturated rings. The van der Waals surface area contributed by atoms with Crippen LogP contribution in [-0.4, -0.2) is 11.8 Å². The summed E-state index contributed by atoms with van der Waals surface area (Å²) >= 11 is 0. The smallest absolute Gasteiger partial charge is 0.251 e. The Morgan fingerprint density at radius 1 is 1.23 bits per heavy atom. The molecule has 2 amide bonds. The number of hydrogen-bond donors (Lipinski definition) is 2. The predicted molar refractivity (Wildman–Crippen MR) is 81.1 cm³/mol. The number of carbonyl (C=O) groups is 2. The monoisotopic (exact) mass is 298 g/mol. The van der Waals surface area contributed by atoms with Crippen molar-refractivity contribution in [2.75, 3.05) is 5.32 Å². The molecule has 1 unspecified atom stereocenters. The second-order valence-corrected chi connectivity index (χ2v) is 5.34. The minimum absolute atomic E-state index is 0.0627. The molecule has 4 nitrogen and oxygen atoms in total. The van der Waals surface area contributed by atoms with Gasteiger partial charge in [0.2, 0.25) is 5.91 Å². The molecule has 1 atom stereocenters. The van der Waals surface area contributed by atoms with Gasteiger partial charge in [0.05, 0.1) is 12.5 Å². The highest BCUT2D eigenvalue weighted by Gasteiger charge is 2.19. The maximum Gasteiger partial charge on any atom is 0.251 e. The van der Waals surface area contributed by atoms with Crippen LogP contribution in [0, 0.1) is 5.82 Å². The molecule has 2 aromatic rings. The molecule has 0 radical (unpaired) electrons. The molecule has 2 N–H and O–H groups in total. The normalized spacial score (nSPS) is 14.2. The molecule has 1 heterocycles. The van der Waals surface area contributed by atoms with Crippen LogP contribution in [0.25, 0.3) is 0 Å². The minimum atomic E-state index is -0.307. The summed E-state index contributed by atoms with van der Waals surface area (Å²) in [6.45, 7) is 1.84. The average Bonchev–Trinajstić information content (AvgIpc) is 2.86. The van der Waals surface area contributed by atoms with Crippen molar-refractivity contribution in [1.82, 2.24) is 5.32 Å². The van der Waals surface area contributed by atoms with Crippen LogP contribution in [0.5, 0.6) is 0 Å². The molecule has 1 aliphatic rings. The van der Waals surface area contributed by atoms with Crippen molar-refractivity contribution in [3.8, 4) is 0 Å². The van der Waals surface area contributed by atoms with Crippen molar-refractivity contribution in [2.45, 2.75) is 19.4 Å². The first kappa shape index (κ1) is 14.3. The number of fused-ring (bicyclic) bond motifs is 1. The van der Waals surface area contributed by atoms with Gasteiger partial charge in [0.25, 0.3) is 5.91 Å². The standard InChI is InChI=1S/C17H15FN2O2/c1-10(11-2-5-14(18)6-3-11)19-17(22)12-4-7-15-13(8-12)9-16(21)20-15/h2-8,10H,9H2,1H3,(H,19,22)(H,20,21).